The Bertz CT molecular complexity index is 875. The lowest BCUT2D eigenvalue weighted by molar-refractivity contribution is 0.246. The normalized spacial score (nSPS) is 22.4. The zero-order chi connectivity index (χ0) is 18.8. The Morgan fingerprint density at radius 3 is 1.46 bits per heavy atom. The quantitative estimate of drug-likeness (QED) is 0.631. The smallest absolute Gasteiger partial charge is 0.0233 e. The molecule has 3 aromatic rings. The molecular weight excluding hydrogens is 340 g/mol. The molecule has 2 atom stereocenters. The Balaban J connectivity index is 1.15. The third-order valence-corrected chi connectivity index (χ3v) is 6.35. The van der Waals surface area contributed by atoms with Gasteiger partial charge in [0.15, 0.2) is 0 Å². The summed E-state index contributed by atoms with van der Waals surface area (Å²) in [6, 6.07) is 30.7. The van der Waals surface area contributed by atoms with E-state index in [1.807, 2.05) is 0 Å². The first kappa shape index (κ1) is 17.7. The topological polar surface area (TPSA) is 6.48 Å². The van der Waals surface area contributed by atoms with Crippen LogP contribution in [0.2, 0.25) is 0 Å². The molecule has 0 radical (unpaired) electrons. The molecule has 2 aliphatic rings. The summed E-state index contributed by atoms with van der Waals surface area (Å²) in [6.07, 6.45) is 0. The molecule has 2 fully saturated rings. The summed E-state index contributed by atoms with van der Waals surface area (Å²) in [5.74, 6) is 1.68. The second-order valence-electron chi connectivity index (χ2n) is 8.46. The van der Waals surface area contributed by atoms with E-state index in [-0.39, 0.29) is 0 Å². The highest BCUT2D eigenvalue weighted by Crippen LogP contribution is 2.32. The van der Waals surface area contributed by atoms with Gasteiger partial charge in [0.05, 0.1) is 0 Å². The lowest BCUT2D eigenvalue weighted by atomic mass is 10.0. The highest BCUT2D eigenvalue weighted by atomic mass is 15.2. The molecule has 0 amide bonds. The monoisotopic (exact) mass is 368 g/mol. The zero-order valence-corrected chi connectivity index (χ0v) is 16.4. The molecule has 5 rings (SSSR count). The van der Waals surface area contributed by atoms with Gasteiger partial charge in [-0.05, 0) is 34.1 Å². The van der Waals surface area contributed by atoms with Crippen LogP contribution in [0.5, 0.6) is 0 Å². The highest BCUT2D eigenvalue weighted by Gasteiger charge is 2.39. The van der Waals surface area contributed by atoms with Gasteiger partial charge in [-0.25, -0.2) is 0 Å². The molecule has 0 N–H and O–H groups in total. The van der Waals surface area contributed by atoms with Gasteiger partial charge in [-0.15, -0.1) is 0 Å². The summed E-state index contributed by atoms with van der Waals surface area (Å²) in [5.41, 5.74) is 5.47. The van der Waals surface area contributed by atoms with E-state index in [1.165, 1.54) is 48.4 Å². The number of fused-ring (bicyclic) bond motifs is 1. The maximum Gasteiger partial charge on any atom is 0.0233 e. The molecule has 2 heterocycles. The number of nitrogens with zero attached hydrogens (tertiary/aromatic N) is 2. The van der Waals surface area contributed by atoms with Gasteiger partial charge in [-0.2, -0.15) is 0 Å². The first-order valence-corrected chi connectivity index (χ1v) is 10.5. The second kappa shape index (κ2) is 7.90. The lowest BCUT2D eigenvalue weighted by Gasteiger charge is -2.21. The van der Waals surface area contributed by atoms with Gasteiger partial charge in [0.1, 0.15) is 0 Å². The number of rotatable bonds is 5. The van der Waals surface area contributed by atoms with Crippen molar-refractivity contribution in [2.24, 2.45) is 11.8 Å². The Kier molecular flexibility index (Phi) is 4.99. The molecule has 2 aliphatic heterocycles. The van der Waals surface area contributed by atoms with Crippen molar-refractivity contribution in [2.75, 3.05) is 26.2 Å². The minimum atomic E-state index is 0.840. The van der Waals surface area contributed by atoms with Crippen molar-refractivity contribution in [2.45, 2.75) is 13.1 Å². The van der Waals surface area contributed by atoms with Gasteiger partial charge < -0.3 is 0 Å². The van der Waals surface area contributed by atoms with Crippen molar-refractivity contribution in [3.8, 4) is 11.1 Å². The molecule has 142 valence electrons. The Labute approximate surface area is 168 Å². The van der Waals surface area contributed by atoms with Crippen LogP contribution in [0.15, 0.2) is 84.9 Å². The summed E-state index contributed by atoms with van der Waals surface area (Å²) < 4.78 is 0. The Morgan fingerprint density at radius 1 is 0.500 bits per heavy atom. The van der Waals surface area contributed by atoms with Crippen LogP contribution in [-0.4, -0.2) is 36.0 Å². The number of likely N-dealkylation sites (tertiary alicyclic amines) is 2. The van der Waals surface area contributed by atoms with Crippen LogP contribution >= 0.6 is 0 Å². The van der Waals surface area contributed by atoms with E-state index in [4.69, 9.17) is 0 Å². The Hall–Kier alpha value is -2.42. The zero-order valence-electron chi connectivity index (χ0n) is 16.4. The summed E-state index contributed by atoms with van der Waals surface area (Å²) in [4.78, 5) is 5.31. The fourth-order valence-corrected chi connectivity index (χ4v) is 4.98. The van der Waals surface area contributed by atoms with Gasteiger partial charge in [-0.3, -0.25) is 9.80 Å². The van der Waals surface area contributed by atoms with Gasteiger partial charge in [-0.1, -0.05) is 84.9 Å². The van der Waals surface area contributed by atoms with Crippen molar-refractivity contribution >= 4 is 0 Å². The minimum Gasteiger partial charge on any atom is -0.298 e. The molecule has 0 bridgehead atoms. The summed E-state index contributed by atoms with van der Waals surface area (Å²) in [7, 11) is 0. The van der Waals surface area contributed by atoms with Gasteiger partial charge in [0.2, 0.25) is 0 Å². The van der Waals surface area contributed by atoms with Crippen molar-refractivity contribution in [1.29, 1.82) is 0 Å². The molecule has 2 heteroatoms. The summed E-state index contributed by atoms with van der Waals surface area (Å²) in [6.45, 7) is 7.19. The average Bonchev–Trinajstić information content (AvgIpc) is 3.28. The van der Waals surface area contributed by atoms with Crippen LogP contribution in [0.3, 0.4) is 0 Å². The summed E-state index contributed by atoms with van der Waals surface area (Å²) >= 11 is 0. The molecular formula is C26H28N2. The minimum absolute atomic E-state index is 0.840. The molecule has 28 heavy (non-hydrogen) atoms. The van der Waals surface area contributed by atoms with Crippen LogP contribution in [0, 0.1) is 11.8 Å². The lowest BCUT2D eigenvalue weighted by Crippen LogP contribution is -2.28. The molecule has 2 nitrogen and oxygen atoms in total. The van der Waals surface area contributed by atoms with Crippen LogP contribution in [0.4, 0.5) is 0 Å². The van der Waals surface area contributed by atoms with Crippen molar-refractivity contribution in [3.63, 3.8) is 0 Å². The fourth-order valence-electron chi connectivity index (χ4n) is 4.98. The average molecular weight is 369 g/mol. The molecule has 0 aliphatic carbocycles. The first-order valence-electron chi connectivity index (χ1n) is 10.5. The van der Waals surface area contributed by atoms with Crippen molar-refractivity contribution in [3.05, 3.63) is 96.1 Å². The van der Waals surface area contributed by atoms with E-state index in [2.05, 4.69) is 94.7 Å². The van der Waals surface area contributed by atoms with E-state index < -0.39 is 0 Å². The van der Waals surface area contributed by atoms with Gasteiger partial charge >= 0.3 is 0 Å². The number of hydrogen-bond acceptors (Lipinski definition) is 2. The van der Waals surface area contributed by atoms with Crippen LogP contribution in [0.25, 0.3) is 11.1 Å². The molecule has 3 aromatic carbocycles. The standard InChI is InChI=1S/C26H28N2/c1-3-7-21(8-4-1)15-27-17-25-19-28(20-26(25)18-27)16-22-11-13-24(14-12-22)23-9-5-2-6-10-23/h1-14,25-26H,15-20H2/t25-,26-/m0/s1. The first-order chi connectivity index (χ1) is 13.8. The number of hydrogen-bond donors (Lipinski definition) is 0. The van der Waals surface area contributed by atoms with Gasteiger partial charge in [0.25, 0.3) is 0 Å². The van der Waals surface area contributed by atoms with Crippen LogP contribution in [0.1, 0.15) is 11.1 Å². The second-order valence-corrected chi connectivity index (χ2v) is 8.46. The molecule has 0 unspecified atom stereocenters. The number of benzene rings is 3. The Morgan fingerprint density at radius 2 is 0.929 bits per heavy atom. The fraction of sp³-hybridized carbons (Fsp3) is 0.308. The van der Waals surface area contributed by atoms with Crippen molar-refractivity contribution in [1.82, 2.24) is 9.80 Å². The van der Waals surface area contributed by atoms with E-state index in [9.17, 15) is 0 Å². The largest absolute Gasteiger partial charge is 0.298 e. The van der Waals surface area contributed by atoms with Crippen LogP contribution < -0.4 is 0 Å². The predicted octanol–water partition coefficient (Wildman–Crippen LogP) is 4.92. The summed E-state index contributed by atoms with van der Waals surface area (Å²) in [5, 5.41) is 0. The molecule has 2 saturated heterocycles. The van der Waals surface area contributed by atoms with Gasteiger partial charge in [0, 0.05) is 39.3 Å². The third-order valence-electron chi connectivity index (χ3n) is 6.35. The molecule has 0 saturated carbocycles. The van der Waals surface area contributed by atoms with Crippen molar-refractivity contribution < 1.29 is 0 Å². The highest BCUT2D eigenvalue weighted by molar-refractivity contribution is 5.63. The van der Waals surface area contributed by atoms with E-state index in [1.54, 1.807) is 0 Å². The SMILES string of the molecule is c1ccc(CN2C[C@H]3CN(Cc4ccc(-c5ccccc5)cc4)C[C@@H]3C2)cc1. The molecule has 0 spiro atoms. The van der Waals surface area contributed by atoms with E-state index in [0.717, 1.165) is 24.9 Å². The maximum atomic E-state index is 2.66. The third kappa shape index (κ3) is 3.89. The van der Waals surface area contributed by atoms with E-state index in [0.29, 0.717) is 0 Å². The van der Waals surface area contributed by atoms with E-state index >= 15 is 0 Å². The maximum absolute atomic E-state index is 2.66. The predicted molar refractivity (Wildman–Crippen MR) is 116 cm³/mol. The molecule has 0 aromatic heterocycles. The van der Waals surface area contributed by atoms with Crippen LogP contribution in [-0.2, 0) is 13.1 Å².